The lowest BCUT2D eigenvalue weighted by Crippen LogP contribution is -2.70. The molecule has 1 aliphatic carbocycles. The van der Waals surface area contributed by atoms with Crippen LogP contribution in [-0.4, -0.2) is 114 Å². The molecule has 4 aliphatic rings. The number of nitrogens with one attached hydrogen (secondary N) is 1. The molecule has 306 valence electrons. The molecule has 2 bridgehead atoms. The van der Waals surface area contributed by atoms with Crippen molar-refractivity contribution >= 4 is 23.9 Å². The van der Waals surface area contributed by atoms with Gasteiger partial charge in [-0.3, -0.25) is 19.2 Å². The number of rotatable bonds is 21. The van der Waals surface area contributed by atoms with Gasteiger partial charge in [-0.05, 0) is 35.6 Å². The van der Waals surface area contributed by atoms with E-state index in [4.69, 9.17) is 28.9 Å². The van der Waals surface area contributed by atoms with E-state index in [-0.39, 0.29) is 45.8 Å². The highest BCUT2D eigenvalue weighted by atomic mass is 16.8. The first-order chi connectivity index (χ1) is 27.2. The van der Waals surface area contributed by atoms with Crippen LogP contribution in [-0.2, 0) is 51.1 Å². The molecule has 4 fully saturated rings. The van der Waals surface area contributed by atoms with E-state index in [0.717, 1.165) is 55.2 Å². The topological polar surface area (TPSA) is 156 Å². The second-order valence-corrected chi connectivity index (χ2v) is 15.5. The van der Waals surface area contributed by atoms with Gasteiger partial charge in [0.15, 0.2) is 11.8 Å². The van der Waals surface area contributed by atoms with Crippen LogP contribution in [0.2, 0.25) is 0 Å². The van der Waals surface area contributed by atoms with Gasteiger partial charge >= 0.3 is 5.97 Å². The van der Waals surface area contributed by atoms with E-state index in [2.05, 4.69) is 19.2 Å². The summed E-state index contributed by atoms with van der Waals surface area (Å²) in [6.07, 6.45) is 7.88. The fourth-order valence-corrected chi connectivity index (χ4v) is 8.91. The van der Waals surface area contributed by atoms with E-state index < -0.39 is 65.5 Å². The normalized spacial score (nSPS) is 26.8. The molecule has 3 N–H and O–H groups in total. The first-order valence-corrected chi connectivity index (χ1v) is 20.4. The third-order valence-electron chi connectivity index (χ3n) is 11.6. The standard InChI is InChI=1S/C43H59N3O10/c1-4-6-11-19-42(20-12-7-5-2)54-35-34-28-43(41(51)45(3)33(39(49)44-21-22-47)27-30-14-9-8-10-15-30)37(40(50)53-34)46(56-38(43)36(35)55-42)29-32-17-13-16-31(26-32)18-24-52-25-23-48/h8-10,13-18,24,26,33-38,47-48H,4-7,11-12,19-23,25,27-29H2,1-3H3,(H,44,49). The van der Waals surface area contributed by atoms with E-state index in [1.54, 1.807) is 18.2 Å². The number of nitrogens with zero attached hydrogens (tertiary/aromatic N) is 2. The lowest BCUT2D eigenvalue weighted by Gasteiger charge is -2.50. The highest BCUT2D eigenvalue weighted by molar-refractivity contribution is 5.96. The number of aliphatic hydroxyl groups excluding tert-OH is 2. The summed E-state index contributed by atoms with van der Waals surface area (Å²) < 4.78 is 25.5. The van der Waals surface area contributed by atoms with E-state index in [0.29, 0.717) is 12.8 Å². The SMILES string of the molecule is CCCCCC1(CCCCC)OC2C3CC4(C(=O)N(C)C(Cc5ccccc5)C(=O)NCCO)C(ON(Cc5cccc(C=COCCO)c5)C4C(=O)O3)C2O1. The Morgan fingerprint density at radius 2 is 1.70 bits per heavy atom. The van der Waals surface area contributed by atoms with Crippen LogP contribution in [0.15, 0.2) is 60.9 Å². The van der Waals surface area contributed by atoms with Crippen LogP contribution in [0.25, 0.3) is 6.08 Å². The number of carbonyl (C=O) groups is 3. The summed E-state index contributed by atoms with van der Waals surface area (Å²) in [6, 6.07) is 15.0. The Balaban J connectivity index is 1.38. The van der Waals surface area contributed by atoms with Crippen molar-refractivity contribution in [3.05, 3.63) is 77.5 Å². The molecule has 56 heavy (non-hydrogen) atoms. The summed E-state index contributed by atoms with van der Waals surface area (Å²) in [7, 11) is 1.61. The molecular formula is C43H59N3O10. The average Bonchev–Trinajstić information content (AvgIpc) is 3.76. The summed E-state index contributed by atoms with van der Waals surface area (Å²) in [4.78, 5) is 52.0. The van der Waals surface area contributed by atoms with Gasteiger partial charge in [-0.2, -0.15) is 5.06 Å². The fourth-order valence-electron chi connectivity index (χ4n) is 8.91. The Bertz CT molecular complexity index is 1650. The van der Waals surface area contributed by atoms with Crippen molar-refractivity contribution in [2.75, 3.05) is 33.4 Å². The Kier molecular flexibility index (Phi) is 14.2. The molecule has 7 unspecified atom stereocenters. The predicted molar refractivity (Wildman–Crippen MR) is 207 cm³/mol. The molecule has 7 atom stereocenters. The van der Waals surface area contributed by atoms with Gasteiger partial charge in [0.05, 0.1) is 26.0 Å². The molecule has 3 saturated heterocycles. The van der Waals surface area contributed by atoms with E-state index in [9.17, 15) is 14.7 Å². The van der Waals surface area contributed by atoms with Gasteiger partial charge in [0.25, 0.3) is 0 Å². The molecule has 2 aromatic rings. The van der Waals surface area contributed by atoms with Crippen LogP contribution in [0.1, 0.15) is 88.3 Å². The second-order valence-electron chi connectivity index (χ2n) is 15.5. The third kappa shape index (κ3) is 8.83. The monoisotopic (exact) mass is 777 g/mol. The Labute approximate surface area is 330 Å². The zero-order valence-electron chi connectivity index (χ0n) is 33.0. The first-order valence-electron chi connectivity index (χ1n) is 20.4. The lowest BCUT2D eigenvalue weighted by atomic mass is 9.62. The molecular weight excluding hydrogens is 718 g/mol. The summed E-state index contributed by atoms with van der Waals surface area (Å²) in [5.41, 5.74) is 1.04. The molecule has 2 aromatic carbocycles. The van der Waals surface area contributed by atoms with Gasteiger partial charge in [0, 0.05) is 39.3 Å². The molecule has 0 radical (unpaired) electrons. The highest BCUT2D eigenvalue weighted by Crippen LogP contribution is 2.58. The van der Waals surface area contributed by atoms with Crippen molar-refractivity contribution in [2.45, 2.75) is 127 Å². The summed E-state index contributed by atoms with van der Waals surface area (Å²) in [5, 5.41) is 23.0. The lowest BCUT2D eigenvalue weighted by molar-refractivity contribution is -0.225. The molecule has 13 heteroatoms. The maximum atomic E-state index is 15.5. The molecule has 6 rings (SSSR count). The van der Waals surface area contributed by atoms with Gasteiger partial charge in [-0.25, -0.2) is 0 Å². The highest BCUT2D eigenvalue weighted by Gasteiger charge is 2.76. The van der Waals surface area contributed by atoms with Crippen molar-refractivity contribution in [2.24, 2.45) is 5.41 Å². The van der Waals surface area contributed by atoms with Crippen molar-refractivity contribution in [1.82, 2.24) is 15.3 Å². The maximum Gasteiger partial charge on any atom is 0.327 e. The van der Waals surface area contributed by atoms with Crippen molar-refractivity contribution < 1.29 is 48.4 Å². The molecule has 3 heterocycles. The van der Waals surface area contributed by atoms with Crippen LogP contribution in [0.4, 0.5) is 0 Å². The minimum Gasteiger partial charge on any atom is -0.499 e. The number of aliphatic hydroxyl groups is 2. The number of ether oxygens (including phenoxy) is 4. The largest absolute Gasteiger partial charge is 0.499 e. The summed E-state index contributed by atoms with van der Waals surface area (Å²) in [5.74, 6) is -2.32. The van der Waals surface area contributed by atoms with Gasteiger partial charge < -0.3 is 39.4 Å². The Morgan fingerprint density at radius 1 is 0.982 bits per heavy atom. The van der Waals surface area contributed by atoms with Crippen LogP contribution in [0.5, 0.6) is 0 Å². The zero-order chi connectivity index (χ0) is 39.7. The zero-order valence-corrected chi connectivity index (χ0v) is 33.0. The summed E-state index contributed by atoms with van der Waals surface area (Å²) >= 11 is 0. The third-order valence-corrected chi connectivity index (χ3v) is 11.6. The van der Waals surface area contributed by atoms with Gasteiger partial charge in [-0.15, -0.1) is 0 Å². The van der Waals surface area contributed by atoms with Crippen LogP contribution >= 0.6 is 0 Å². The number of hydrogen-bond donors (Lipinski definition) is 3. The van der Waals surface area contributed by atoms with Gasteiger partial charge in [0.2, 0.25) is 11.8 Å². The van der Waals surface area contributed by atoms with Gasteiger partial charge in [-0.1, -0.05) is 94.1 Å². The Hall–Kier alpha value is -3.85. The number of esters is 1. The van der Waals surface area contributed by atoms with Crippen molar-refractivity contribution in [1.29, 1.82) is 0 Å². The maximum absolute atomic E-state index is 15.5. The predicted octanol–water partition coefficient (Wildman–Crippen LogP) is 4.29. The molecule has 3 aliphatic heterocycles. The number of carbonyl (C=O) groups excluding carboxylic acids is 3. The summed E-state index contributed by atoms with van der Waals surface area (Å²) in [6.45, 7) is 4.32. The molecule has 2 amide bonds. The van der Waals surface area contributed by atoms with Crippen molar-refractivity contribution in [3.63, 3.8) is 0 Å². The minimum absolute atomic E-state index is 0.0305. The molecule has 0 aromatic heterocycles. The van der Waals surface area contributed by atoms with E-state index in [1.165, 1.54) is 11.2 Å². The number of unbranched alkanes of at least 4 members (excludes halogenated alkanes) is 4. The number of hydrogen-bond acceptors (Lipinski definition) is 11. The number of hydroxylamine groups is 2. The number of fused-ring (bicyclic) bond motifs is 4. The van der Waals surface area contributed by atoms with Crippen molar-refractivity contribution in [3.8, 4) is 0 Å². The molecule has 13 nitrogen and oxygen atoms in total. The second kappa shape index (κ2) is 19.1. The minimum atomic E-state index is -1.47. The average molecular weight is 778 g/mol. The van der Waals surface area contributed by atoms with Gasteiger partial charge in [0.1, 0.15) is 42.5 Å². The number of likely N-dealkylation sites (N-methyl/N-ethyl adjacent to an activating group) is 1. The van der Waals surface area contributed by atoms with E-state index in [1.807, 2.05) is 54.6 Å². The molecule has 1 saturated carbocycles. The van der Waals surface area contributed by atoms with Crippen LogP contribution in [0.3, 0.4) is 0 Å². The fraction of sp³-hybridized carbons (Fsp3) is 0.605. The smallest absolute Gasteiger partial charge is 0.327 e. The van der Waals surface area contributed by atoms with E-state index >= 15 is 4.79 Å². The first kappa shape index (κ1) is 41.8. The van der Waals surface area contributed by atoms with Crippen LogP contribution in [0, 0.1) is 5.41 Å². The number of benzene rings is 2. The number of amides is 2. The molecule has 0 spiro atoms. The van der Waals surface area contributed by atoms with Crippen LogP contribution < -0.4 is 5.32 Å². The quantitative estimate of drug-likeness (QED) is 0.0945. The Morgan fingerprint density at radius 3 is 2.39 bits per heavy atom.